The molecule has 3 rings (SSSR count). The maximum absolute atomic E-state index is 4.97. The second-order valence-corrected chi connectivity index (χ2v) is 4.93. The lowest BCUT2D eigenvalue weighted by atomic mass is 10.2. The number of aromatic nitrogens is 2. The van der Waals surface area contributed by atoms with Crippen LogP contribution in [0.25, 0.3) is 0 Å². The molecule has 0 fully saturated rings. The van der Waals surface area contributed by atoms with Crippen molar-refractivity contribution in [2.75, 3.05) is 18.0 Å². The van der Waals surface area contributed by atoms with Crippen LogP contribution in [0.5, 0.6) is 0 Å². The molecule has 0 saturated carbocycles. The normalized spacial score (nSPS) is 13.7. The summed E-state index contributed by atoms with van der Waals surface area (Å²) in [4.78, 5) is 11.0. The molecule has 118 valence electrons. The highest BCUT2D eigenvalue weighted by molar-refractivity contribution is 14.0. The van der Waals surface area contributed by atoms with Crippen LogP contribution >= 0.6 is 24.0 Å². The van der Waals surface area contributed by atoms with Gasteiger partial charge >= 0.3 is 0 Å². The minimum absolute atomic E-state index is 0. The van der Waals surface area contributed by atoms with Crippen LogP contribution in [-0.2, 0) is 13.0 Å². The molecule has 0 saturated heterocycles. The molecule has 0 amide bonds. The van der Waals surface area contributed by atoms with E-state index in [1.54, 1.807) is 6.92 Å². The van der Waals surface area contributed by atoms with E-state index in [9.17, 15) is 0 Å². The molecule has 2 heterocycles. The second kappa shape index (κ2) is 7.57. The van der Waals surface area contributed by atoms with Gasteiger partial charge in [0.2, 0.25) is 5.89 Å². The Labute approximate surface area is 147 Å². The standard InChI is InChI=1S/C15H19N5O.HI/c1-3-16-15(17-10-14-18-11(2)21-19-14)20-9-8-12-6-4-5-7-13(12)20;/h4-7H,3,8-10H2,1-2H3,(H,16,17);1H. The Hall–Kier alpha value is -1.64. The Morgan fingerprint density at radius 3 is 2.95 bits per heavy atom. The van der Waals surface area contributed by atoms with Crippen LogP contribution in [0.4, 0.5) is 5.69 Å². The minimum atomic E-state index is 0. The first-order chi connectivity index (χ1) is 10.3. The van der Waals surface area contributed by atoms with E-state index in [0.29, 0.717) is 18.3 Å². The monoisotopic (exact) mass is 413 g/mol. The van der Waals surface area contributed by atoms with Gasteiger partial charge in [0.15, 0.2) is 11.8 Å². The zero-order valence-electron chi connectivity index (χ0n) is 12.7. The van der Waals surface area contributed by atoms with Crippen LogP contribution in [0.3, 0.4) is 0 Å². The molecule has 0 atom stereocenters. The topological polar surface area (TPSA) is 66.5 Å². The van der Waals surface area contributed by atoms with Crippen LogP contribution in [0.15, 0.2) is 33.8 Å². The van der Waals surface area contributed by atoms with Gasteiger partial charge in [-0.3, -0.25) is 0 Å². The van der Waals surface area contributed by atoms with E-state index in [2.05, 4.69) is 56.5 Å². The van der Waals surface area contributed by atoms with Gasteiger partial charge < -0.3 is 14.7 Å². The molecular formula is C15H20IN5O. The third-order valence-electron chi connectivity index (χ3n) is 3.42. The van der Waals surface area contributed by atoms with E-state index in [-0.39, 0.29) is 24.0 Å². The van der Waals surface area contributed by atoms with Crippen LogP contribution in [0, 0.1) is 6.92 Å². The maximum atomic E-state index is 4.97. The average molecular weight is 413 g/mol. The molecule has 1 aliphatic heterocycles. The molecule has 0 bridgehead atoms. The third-order valence-corrected chi connectivity index (χ3v) is 3.42. The molecule has 7 heteroatoms. The van der Waals surface area contributed by atoms with Crippen molar-refractivity contribution in [2.45, 2.75) is 26.8 Å². The molecule has 1 aromatic heterocycles. The Bertz CT molecular complexity index is 655. The lowest BCUT2D eigenvalue weighted by Crippen LogP contribution is -2.40. The maximum Gasteiger partial charge on any atom is 0.223 e. The fourth-order valence-electron chi connectivity index (χ4n) is 2.50. The highest BCUT2D eigenvalue weighted by Gasteiger charge is 2.22. The first-order valence-electron chi connectivity index (χ1n) is 7.21. The molecule has 6 nitrogen and oxygen atoms in total. The predicted molar refractivity (Wildman–Crippen MR) is 96.8 cm³/mol. The van der Waals surface area contributed by atoms with Gasteiger partial charge in [-0.25, -0.2) is 4.99 Å². The molecular weight excluding hydrogens is 393 g/mol. The smallest absolute Gasteiger partial charge is 0.223 e. The first kappa shape index (κ1) is 16.7. The number of anilines is 1. The molecule has 0 spiro atoms. The van der Waals surface area contributed by atoms with Crippen molar-refractivity contribution in [1.29, 1.82) is 0 Å². The summed E-state index contributed by atoms with van der Waals surface area (Å²) >= 11 is 0. The van der Waals surface area contributed by atoms with Crippen molar-refractivity contribution in [1.82, 2.24) is 15.5 Å². The fourth-order valence-corrected chi connectivity index (χ4v) is 2.50. The van der Waals surface area contributed by atoms with Crippen molar-refractivity contribution < 1.29 is 4.52 Å². The zero-order chi connectivity index (χ0) is 14.7. The van der Waals surface area contributed by atoms with Crippen molar-refractivity contribution in [3.63, 3.8) is 0 Å². The van der Waals surface area contributed by atoms with Gasteiger partial charge in [0, 0.05) is 25.7 Å². The number of para-hydroxylation sites is 1. The number of hydrogen-bond acceptors (Lipinski definition) is 4. The fraction of sp³-hybridized carbons (Fsp3) is 0.400. The third kappa shape index (κ3) is 3.57. The van der Waals surface area contributed by atoms with Crippen LogP contribution in [-0.4, -0.2) is 29.2 Å². The van der Waals surface area contributed by atoms with Crippen LogP contribution in [0.2, 0.25) is 0 Å². The summed E-state index contributed by atoms with van der Waals surface area (Å²) in [7, 11) is 0. The van der Waals surface area contributed by atoms with Gasteiger partial charge in [0.05, 0.1) is 0 Å². The molecule has 0 aliphatic carbocycles. The Morgan fingerprint density at radius 2 is 2.23 bits per heavy atom. The Morgan fingerprint density at radius 1 is 1.41 bits per heavy atom. The van der Waals surface area contributed by atoms with E-state index < -0.39 is 0 Å². The quantitative estimate of drug-likeness (QED) is 0.476. The lowest BCUT2D eigenvalue weighted by molar-refractivity contribution is 0.387. The second-order valence-electron chi connectivity index (χ2n) is 4.93. The van der Waals surface area contributed by atoms with Crippen molar-refractivity contribution in [3.05, 3.63) is 41.5 Å². The highest BCUT2D eigenvalue weighted by Crippen LogP contribution is 2.27. The number of halogens is 1. The molecule has 0 radical (unpaired) electrons. The summed E-state index contributed by atoms with van der Waals surface area (Å²) in [5.74, 6) is 2.04. The number of rotatable bonds is 3. The number of nitrogens with zero attached hydrogens (tertiary/aromatic N) is 4. The zero-order valence-corrected chi connectivity index (χ0v) is 15.1. The van der Waals surface area contributed by atoms with Crippen LogP contribution < -0.4 is 10.2 Å². The van der Waals surface area contributed by atoms with Crippen molar-refractivity contribution in [2.24, 2.45) is 4.99 Å². The largest absolute Gasteiger partial charge is 0.356 e. The summed E-state index contributed by atoms with van der Waals surface area (Å²) in [6.07, 6.45) is 1.04. The molecule has 22 heavy (non-hydrogen) atoms. The minimum Gasteiger partial charge on any atom is -0.356 e. The number of nitrogens with one attached hydrogen (secondary N) is 1. The van der Waals surface area contributed by atoms with Gasteiger partial charge in [-0.15, -0.1) is 24.0 Å². The number of aliphatic imine (C=N–C) groups is 1. The molecule has 1 aliphatic rings. The lowest BCUT2D eigenvalue weighted by Gasteiger charge is -2.22. The Kier molecular flexibility index (Phi) is 5.76. The number of aryl methyl sites for hydroxylation is 1. The summed E-state index contributed by atoms with van der Waals surface area (Å²) in [6, 6.07) is 8.44. The molecule has 1 N–H and O–H groups in total. The van der Waals surface area contributed by atoms with E-state index >= 15 is 0 Å². The van der Waals surface area contributed by atoms with Crippen molar-refractivity contribution >= 4 is 35.6 Å². The summed E-state index contributed by atoms with van der Waals surface area (Å²) in [6.45, 7) is 6.02. The SMILES string of the molecule is CCNC(=NCc1noc(C)n1)N1CCc2ccccc21.I. The van der Waals surface area contributed by atoms with E-state index in [4.69, 9.17) is 4.52 Å². The van der Waals surface area contributed by atoms with Gasteiger partial charge in [-0.2, -0.15) is 4.98 Å². The molecule has 2 aromatic rings. The Balaban J connectivity index is 0.00000176. The van der Waals surface area contributed by atoms with Gasteiger partial charge in [0.1, 0.15) is 6.54 Å². The number of guanidine groups is 1. The number of benzene rings is 1. The summed E-state index contributed by atoms with van der Waals surface area (Å²) in [5.41, 5.74) is 2.58. The van der Waals surface area contributed by atoms with E-state index in [0.717, 1.165) is 25.5 Å². The van der Waals surface area contributed by atoms with E-state index in [1.165, 1.54) is 11.3 Å². The average Bonchev–Trinajstić information content (AvgIpc) is 3.10. The van der Waals surface area contributed by atoms with Crippen molar-refractivity contribution in [3.8, 4) is 0 Å². The van der Waals surface area contributed by atoms with Gasteiger partial charge in [0.25, 0.3) is 0 Å². The summed E-state index contributed by atoms with van der Waals surface area (Å²) in [5, 5.41) is 7.21. The van der Waals surface area contributed by atoms with Crippen LogP contribution in [0.1, 0.15) is 24.2 Å². The number of fused-ring (bicyclic) bond motifs is 1. The van der Waals surface area contributed by atoms with E-state index in [1.807, 2.05) is 0 Å². The molecule has 1 aromatic carbocycles. The predicted octanol–water partition coefficient (Wildman–Crippen LogP) is 2.52. The van der Waals surface area contributed by atoms with Gasteiger partial charge in [-0.1, -0.05) is 23.4 Å². The number of hydrogen-bond donors (Lipinski definition) is 1. The molecule has 0 unspecified atom stereocenters. The summed E-state index contributed by atoms with van der Waals surface area (Å²) < 4.78 is 4.97. The highest BCUT2D eigenvalue weighted by atomic mass is 127. The first-order valence-corrected chi connectivity index (χ1v) is 7.21. The van der Waals surface area contributed by atoms with Gasteiger partial charge in [-0.05, 0) is 25.0 Å².